The molecule has 2 aromatic carbocycles. The van der Waals surface area contributed by atoms with Crippen molar-refractivity contribution in [3.8, 4) is 17.2 Å². The molecule has 0 N–H and O–H groups in total. The lowest BCUT2D eigenvalue weighted by atomic mass is 10.2. The van der Waals surface area contributed by atoms with Crippen LogP contribution in [0.3, 0.4) is 0 Å². The summed E-state index contributed by atoms with van der Waals surface area (Å²) in [4.78, 5) is 26.3. The number of benzene rings is 2. The molecule has 0 aliphatic carbocycles. The first-order chi connectivity index (χ1) is 14.0. The molecular formula is C21H20FNO5S. The first kappa shape index (κ1) is 20.7. The fourth-order valence-corrected chi connectivity index (χ4v) is 3.54. The van der Waals surface area contributed by atoms with E-state index in [0.29, 0.717) is 28.8 Å². The molecule has 1 saturated heterocycles. The minimum absolute atomic E-state index is 0.103. The highest BCUT2D eigenvalue weighted by atomic mass is 32.2. The number of carbonyl (C=O) groups excluding carboxylic acids is 2. The molecule has 1 aliphatic heterocycles. The number of nitrogens with zero attached hydrogens (tertiary/aromatic N) is 1. The quantitative estimate of drug-likeness (QED) is 0.595. The summed E-state index contributed by atoms with van der Waals surface area (Å²) in [6, 6.07) is 10.8. The van der Waals surface area contributed by atoms with E-state index >= 15 is 0 Å². The molecule has 1 fully saturated rings. The second-order valence-corrected chi connectivity index (χ2v) is 6.97. The highest BCUT2D eigenvalue weighted by Gasteiger charge is 2.34. The van der Waals surface area contributed by atoms with Gasteiger partial charge in [0.2, 0.25) is 0 Å². The Bertz CT molecular complexity index is 929. The Morgan fingerprint density at radius 1 is 1.07 bits per heavy atom. The van der Waals surface area contributed by atoms with Crippen molar-refractivity contribution in [2.45, 2.75) is 6.92 Å². The first-order valence-electron chi connectivity index (χ1n) is 8.96. The van der Waals surface area contributed by atoms with Crippen molar-refractivity contribution in [1.29, 1.82) is 0 Å². The number of amides is 2. The SMILES string of the molecule is CCOc1ccc(C=C2SC(=O)N(CCOc3ccc(F)cc3)C2=O)cc1OC. The van der Waals surface area contributed by atoms with Crippen LogP contribution in [0.5, 0.6) is 17.2 Å². The van der Waals surface area contributed by atoms with Gasteiger partial charge in [0.25, 0.3) is 11.1 Å². The second-order valence-electron chi connectivity index (χ2n) is 5.98. The lowest BCUT2D eigenvalue weighted by Crippen LogP contribution is -2.32. The van der Waals surface area contributed by atoms with Gasteiger partial charge >= 0.3 is 0 Å². The number of halogens is 1. The van der Waals surface area contributed by atoms with Gasteiger partial charge in [-0.15, -0.1) is 0 Å². The van der Waals surface area contributed by atoms with Gasteiger partial charge in [-0.3, -0.25) is 14.5 Å². The zero-order valence-corrected chi connectivity index (χ0v) is 16.8. The Morgan fingerprint density at radius 2 is 1.83 bits per heavy atom. The van der Waals surface area contributed by atoms with Crippen molar-refractivity contribution in [2.24, 2.45) is 0 Å². The Hall–Kier alpha value is -3.00. The number of ether oxygens (including phenoxy) is 3. The maximum Gasteiger partial charge on any atom is 0.293 e. The molecule has 0 aromatic heterocycles. The summed E-state index contributed by atoms with van der Waals surface area (Å²) in [7, 11) is 1.54. The minimum Gasteiger partial charge on any atom is -0.493 e. The molecule has 29 heavy (non-hydrogen) atoms. The van der Waals surface area contributed by atoms with E-state index in [-0.39, 0.29) is 30.1 Å². The van der Waals surface area contributed by atoms with E-state index in [1.165, 1.54) is 31.4 Å². The Morgan fingerprint density at radius 3 is 2.52 bits per heavy atom. The molecule has 0 spiro atoms. The van der Waals surface area contributed by atoms with Crippen molar-refractivity contribution < 1.29 is 28.2 Å². The lowest BCUT2D eigenvalue weighted by molar-refractivity contribution is -0.123. The fraction of sp³-hybridized carbons (Fsp3) is 0.238. The third kappa shape index (κ3) is 5.08. The van der Waals surface area contributed by atoms with Gasteiger partial charge < -0.3 is 14.2 Å². The summed E-state index contributed by atoms with van der Waals surface area (Å²) >= 11 is 0.874. The molecule has 1 heterocycles. The average Bonchev–Trinajstić information content (AvgIpc) is 2.98. The molecule has 0 saturated carbocycles. The maximum atomic E-state index is 12.9. The van der Waals surface area contributed by atoms with E-state index in [1.807, 2.05) is 6.92 Å². The average molecular weight is 417 g/mol. The van der Waals surface area contributed by atoms with Crippen LogP contribution in [-0.2, 0) is 4.79 Å². The predicted molar refractivity (Wildman–Crippen MR) is 109 cm³/mol. The predicted octanol–water partition coefficient (Wildman–Crippen LogP) is 4.35. The number of thioether (sulfide) groups is 1. The number of imide groups is 1. The normalized spacial score (nSPS) is 15.1. The molecule has 0 bridgehead atoms. The van der Waals surface area contributed by atoms with E-state index < -0.39 is 0 Å². The zero-order valence-electron chi connectivity index (χ0n) is 16.0. The molecule has 6 nitrogen and oxygen atoms in total. The Labute approximate surface area is 172 Å². The monoisotopic (exact) mass is 417 g/mol. The van der Waals surface area contributed by atoms with Crippen LogP contribution in [0, 0.1) is 5.82 Å². The topological polar surface area (TPSA) is 65.1 Å². The van der Waals surface area contributed by atoms with Crippen molar-refractivity contribution in [3.05, 3.63) is 58.8 Å². The number of hydrogen-bond donors (Lipinski definition) is 0. The van der Waals surface area contributed by atoms with Gasteiger partial charge in [0.15, 0.2) is 11.5 Å². The number of hydrogen-bond acceptors (Lipinski definition) is 6. The van der Waals surface area contributed by atoms with Crippen LogP contribution in [0.2, 0.25) is 0 Å². The molecule has 152 valence electrons. The van der Waals surface area contributed by atoms with E-state index in [0.717, 1.165) is 22.2 Å². The van der Waals surface area contributed by atoms with Crippen molar-refractivity contribution >= 4 is 29.0 Å². The molecule has 1 aliphatic rings. The first-order valence-corrected chi connectivity index (χ1v) is 9.78. The zero-order chi connectivity index (χ0) is 20.8. The van der Waals surface area contributed by atoms with Crippen LogP contribution in [-0.4, -0.2) is 42.9 Å². The van der Waals surface area contributed by atoms with Gasteiger partial charge in [-0.05, 0) is 66.7 Å². The second kappa shape index (κ2) is 9.47. The smallest absolute Gasteiger partial charge is 0.293 e. The van der Waals surface area contributed by atoms with E-state index in [1.54, 1.807) is 24.3 Å². The van der Waals surface area contributed by atoms with Crippen LogP contribution in [0.1, 0.15) is 12.5 Å². The Kier molecular flexibility index (Phi) is 6.77. The van der Waals surface area contributed by atoms with E-state index in [4.69, 9.17) is 14.2 Å². The molecule has 0 atom stereocenters. The van der Waals surface area contributed by atoms with Gasteiger partial charge in [0.05, 0.1) is 25.2 Å². The van der Waals surface area contributed by atoms with Gasteiger partial charge in [0.1, 0.15) is 18.2 Å². The third-order valence-corrected chi connectivity index (χ3v) is 4.96. The summed E-state index contributed by atoms with van der Waals surface area (Å²) in [5.41, 5.74) is 0.721. The summed E-state index contributed by atoms with van der Waals surface area (Å²) in [6.07, 6.45) is 1.64. The lowest BCUT2D eigenvalue weighted by Gasteiger charge is -2.13. The van der Waals surface area contributed by atoms with Crippen LogP contribution < -0.4 is 14.2 Å². The Balaban J connectivity index is 1.65. The summed E-state index contributed by atoms with van der Waals surface area (Å²) in [6.45, 7) is 2.61. The van der Waals surface area contributed by atoms with Gasteiger partial charge in [-0.1, -0.05) is 6.07 Å². The third-order valence-electron chi connectivity index (χ3n) is 4.06. The summed E-state index contributed by atoms with van der Waals surface area (Å²) in [5, 5.41) is -0.359. The van der Waals surface area contributed by atoms with E-state index in [9.17, 15) is 14.0 Å². The van der Waals surface area contributed by atoms with Crippen LogP contribution in [0.15, 0.2) is 47.4 Å². The van der Waals surface area contributed by atoms with Crippen LogP contribution in [0.4, 0.5) is 9.18 Å². The molecule has 2 amide bonds. The largest absolute Gasteiger partial charge is 0.493 e. The summed E-state index contributed by atoms with van der Waals surface area (Å²) < 4.78 is 29.2. The van der Waals surface area contributed by atoms with Gasteiger partial charge in [-0.2, -0.15) is 0 Å². The highest BCUT2D eigenvalue weighted by Crippen LogP contribution is 2.34. The summed E-state index contributed by atoms with van der Waals surface area (Å²) in [5.74, 6) is 0.885. The fourth-order valence-electron chi connectivity index (χ4n) is 2.68. The number of carbonyl (C=O) groups is 2. The van der Waals surface area contributed by atoms with Gasteiger partial charge in [-0.25, -0.2) is 4.39 Å². The molecule has 0 radical (unpaired) electrons. The standard InChI is InChI=1S/C21H20FNO5S/c1-3-27-17-9-4-14(12-18(17)26-2)13-19-20(24)23(21(25)29-19)10-11-28-16-7-5-15(22)6-8-16/h4-9,12-13H,3,10-11H2,1-2H3. The van der Waals surface area contributed by atoms with Crippen LogP contribution >= 0.6 is 11.8 Å². The maximum absolute atomic E-state index is 12.9. The van der Waals surface area contributed by atoms with Gasteiger partial charge in [0, 0.05) is 0 Å². The molecule has 0 unspecified atom stereocenters. The minimum atomic E-state index is -0.379. The molecule has 2 aromatic rings. The van der Waals surface area contributed by atoms with Crippen molar-refractivity contribution in [2.75, 3.05) is 26.9 Å². The number of rotatable bonds is 8. The van der Waals surface area contributed by atoms with Crippen molar-refractivity contribution in [3.63, 3.8) is 0 Å². The molecular weight excluding hydrogens is 397 g/mol. The molecule has 8 heteroatoms. The van der Waals surface area contributed by atoms with Crippen molar-refractivity contribution in [1.82, 2.24) is 4.90 Å². The number of methoxy groups -OCH3 is 1. The molecule has 3 rings (SSSR count). The highest BCUT2D eigenvalue weighted by molar-refractivity contribution is 8.18. The van der Waals surface area contributed by atoms with E-state index in [2.05, 4.69) is 0 Å². The van der Waals surface area contributed by atoms with Crippen LogP contribution in [0.25, 0.3) is 6.08 Å².